The van der Waals surface area contributed by atoms with Gasteiger partial charge in [0, 0.05) is 53.0 Å². The molecule has 0 aliphatic carbocycles. The number of hydrogen-bond acceptors (Lipinski definition) is 4. The average molecular weight is 653 g/mol. The van der Waals surface area contributed by atoms with Crippen molar-refractivity contribution in [2.45, 2.75) is 63.1 Å². The zero-order valence-electron chi connectivity index (χ0n) is 24.7. The molecular weight excluding hydrogens is 617 g/mol. The summed E-state index contributed by atoms with van der Waals surface area (Å²) in [5.41, 5.74) is 2.05. The van der Waals surface area contributed by atoms with E-state index in [1.165, 1.54) is 9.21 Å². The number of carbonyl (C=O) groups excluding carboxylic acids is 2. The van der Waals surface area contributed by atoms with Crippen LogP contribution in [0.3, 0.4) is 0 Å². The van der Waals surface area contributed by atoms with Gasteiger partial charge >= 0.3 is 0 Å². The fourth-order valence-corrected chi connectivity index (χ4v) is 7.83. The predicted octanol–water partition coefficient (Wildman–Crippen LogP) is 6.99. The fraction of sp³-hybridized carbons (Fsp3) is 0.294. The molecule has 0 radical (unpaired) electrons. The lowest BCUT2D eigenvalue weighted by Crippen LogP contribution is -2.52. The smallest absolute Gasteiger partial charge is 0.265 e. The van der Waals surface area contributed by atoms with Crippen molar-refractivity contribution in [2.24, 2.45) is 0 Å². The van der Waals surface area contributed by atoms with Crippen molar-refractivity contribution >= 4 is 61.5 Å². The Kier molecular flexibility index (Phi) is 9.83. The van der Waals surface area contributed by atoms with Crippen molar-refractivity contribution in [1.82, 2.24) is 10.2 Å². The molecule has 0 fully saturated rings. The first-order valence-corrected chi connectivity index (χ1v) is 16.9. The molecule has 1 aliphatic heterocycles. The summed E-state index contributed by atoms with van der Waals surface area (Å²) in [6, 6.07) is 24.5. The highest BCUT2D eigenvalue weighted by atomic mass is 35.5. The molecule has 4 aromatic carbocycles. The summed E-state index contributed by atoms with van der Waals surface area (Å²) in [7, 11) is -3.75. The number of sulfonamides is 1. The minimum Gasteiger partial charge on any atom is -0.352 e. The molecule has 5 rings (SSSR count). The van der Waals surface area contributed by atoms with Gasteiger partial charge in [0.05, 0.1) is 10.6 Å². The second kappa shape index (κ2) is 13.6. The van der Waals surface area contributed by atoms with E-state index >= 15 is 0 Å². The van der Waals surface area contributed by atoms with Crippen LogP contribution in [0.4, 0.5) is 5.69 Å². The predicted molar refractivity (Wildman–Crippen MR) is 177 cm³/mol. The third-order valence-corrected chi connectivity index (χ3v) is 10.7. The lowest BCUT2D eigenvalue weighted by Gasteiger charge is -2.33. The maximum Gasteiger partial charge on any atom is 0.265 e. The first-order chi connectivity index (χ1) is 21.1. The maximum absolute atomic E-state index is 14.1. The van der Waals surface area contributed by atoms with Crippen molar-refractivity contribution in [3.05, 3.63) is 106 Å². The van der Waals surface area contributed by atoms with Gasteiger partial charge in [-0.2, -0.15) is 0 Å². The van der Waals surface area contributed by atoms with Crippen molar-refractivity contribution in [3.63, 3.8) is 0 Å². The van der Waals surface area contributed by atoms with E-state index in [1.54, 1.807) is 36.4 Å². The van der Waals surface area contributed by atoms with Crippen LogP contribution in [0.25, 0.3) is 10.8 Å². The van der Waals surface area contributed by atoms with E-state index in [2.05, 4.69) is 5.32 Å². The summed E-state index contributed by atoms with van der Waals surface area (Å²) in [6.45, 7) is 4.04. The van der Waals surface area contributed by atoms with Crippen LogP contribution in [-0.4, -0.2) is 43.8 Å². The second-order valence-corrected chi connectivity index (χ2v) is 13.7. The van der Waals surface area contributed by atoms with Crippen LogP contribution >= 0.6 is 23.2 Å². The number of carbonyl (C=O) groups is 2. The Bertz CT molecular complexity index is 1760. The van der Waals surface area contributed by atoms with Crippen LogP contribution in [-0.2, 0) is 32.6 Å². The molecule has 7 nitrogen and oxygen atoms in total. The molecule has 0 aromatic heterocycles. The Hall–Kier alpha value is -3.59. The minimum atomic E-state index is -3.75. The molecule has 0 spiro atoms. The third-order valence-electron chi connectivity index (χ3n) is 8.10. The van der Waals surface area contributed by atoms with Crippen LogP contribution in [0, 0.1) is 0 Å². The molecule has 10 heteroatoms. The second-order valence-electron chi connectivity index (χ2n) is 11.1. The minimum absolute atomic E-state index is 0.0162. The summed E-state index contributed by atoms with van der Waals surface area (Å²) >= 11 is 13.1. The topological polar surface area (TPSA) is 86.8 Å². The Morgan fingerprint density at radius 1 is 0.909 bits per heavy atom. The van der Waals surface area contributed by atoms with Gasteiger partial charge in [-0.3, -0.25) is 13.9 Å². The molecular formula is C34H35Cl2N3O4S. The Balaban J connectivity index is 1.43. The van der Waals surface area contributed by atoms with E-state index in [9.17, 15) is 18.0 Å². The van der Waals surface area contributed by atoms with Crippen molar-refractivity contribution in [1.29, 1.82) is 0 Å². The van der Waals surface area contributed by atoms with Gasteiger partial charge in [0.1, 0.15) is 6.04 Å². The highest BCUT2D eigenvalue weighted by molar-refractivity contribution is 7.93. The molecule has 230 valence electrons. The van der Waals surface area contributed by atoms with E-state index in [0.717, 1.165) is 17.4 Å². The van der Waals surface area contributed by atoms with Crippen LogP contribution in [0.15, 0.2) is 89.8 Å². The first kappa shape index (κ1) is 31.8. The average Bonchev–Trinajstić information content (AvgIpc) is 3.23. The van der Waals surface area contributed by atoms with E-state index in [-0.39, 0.29) is 55.1 Å². The maximum atomic E-state index is 14.1. The van der Waals surface area contributed by atoms with Gasteiger partial charge in [-0.25, -0.2) is 8.42 Å². The highest BCUT2D eigenvalue weighted by Gasteiger charge is 2.36. The zero-order valence-corrected chi connectivity index (χ0v) is 27.0. The summed E-state index contributed by atoms with van der Waals surface area (Å²) < 4.78 is 28.3. The molecule has 0 unspecified atom stereocenters. The molecule has 0 bridgehead atoms. The molecule has 1 heterocycles. The monoisotopic (exact) mass is 651 g/mol. The summed E-state index contributed by atoms with van der Waals surface area (Å²) in [5.74, 6) is -0.572. The Labute approximate surface area is 268 Å². The van der Waals surface area contributed by atoms with Crippen molar-refractivity contribution < 1.29 is 18.0 Å². The molecule has 2 amide bonds. The Morgan fingerprint density at radius 2 is 1.57 bits per heavy atom. The van der Waals surface area contributed by atoms with Gasteiger partial charge in [-0.1, -0.05) is 90.8 Å². The van der Waals surface area contributed by atoms with Crippen LogP contribution in [0.2, 0.25) is 10.0 Å². The SMILES string of the molecule is CC[C@@H](C)NC(=O)[C@H](Cc1ccccc1)N(Cc1c(Cl)cccc1Cl)C(=O)CCCN1c2cccc3cccc(c23)S1(=O)=O. The molecule has 0 saturated heterocycles. The van der Waals surface area contributed by atoms with Gasteiger partial charge in [0.2, 0.25) is 11.8 Å². The number of nitrogens with one attached hydrogen (secondary N) is 1. The van der Waals surface area contributed by atoms with Gasteiger partial charge < -0.3 is 10.2 Å². The number of anilines is 1. The van der Waals surface area contributed by atoms with E-state index in [0.29, 0.717) is 26.7 Å². The zero-order chi connectivity index (χ0) is 31.4. The van der Waals surface area contributed by atoms with Gasteiger partial charge in [0.25, 0.3) is 10.0 Å². The molecule has 0 saturated carbocycles. The third kappa shape index (κ3) is 6.58. The molecule has 1 aliphatic rings. The summed E-state index contributed by atoms with van der Waals surface area (Å²) in [6.07, 6.45) is 1.28. The number of halogens is 2. The van der Waals surface area contributed by atoms with Gasteiger partial charge in [-0.05, 0) is 55.0 Å². The molecule has 1 N–H and O–H groups in total. The van der Waals surface area contributed by atoms with E-state index in [1.807, 2.05) is 62.4 Å². The molecule has 44 heavy (non-hydrogen) atoms. The van der Waals surface area contributed by atoms with Crippen molar-refractivity contribution in [2.75, 3.05) is 10.8 Å². The van der Waals surface area contributed by atoms with Gasteiger partial charge in [-0.15, -0.1) is 0 Å². The summed E-state index contributed by atoms with van der Waals surface area (Å²) in [4.78, 5) is 29.7. The number of amides is 2. The number of benzene rings is 4. The fourth-order valence-electron chi connectivity index (χ4n) is 5.57. The van der Waals surface area contributed by atoms with Gasteiger partial charge in [0.15, 0.2) is 0 Å². The lowest BCUT2D eigenvalue weighted by atomic mass is 10.0. The number of nitrogens with zero attached hydrogens (tertiary/aromatic N) is 2. The lowest BCUT2D eigenvalue weighted by molar-refractivity contribution is -0.141. The van der Waals surface area contributed by atoms with Crippen LogP contribution in [0.5, 0.6) is 0 Å². The van der Waals surface area contributed by atoms with Crippen LogP contribution in [0.1, 0.15) is 44.2 Å². The number of rotatable bonds is 12. The van der Waals surface area contributed by atoms with Crippen molar-refractivity contribution in [3.8, 4) is 0 Å². The quantitative estimate of drug-likeness (QED) is 0.179. The largest absolute Gasteiger partial charge is 0.352 e. The highest BCUT2D eigenvalue weighted by Crippen LogP contribution is 2.42. The normalized spacial score (nSPS) is 14.8. The summed E-state index contributed by atoms with van der Waals surface area (Å²) in [5, 5.41) is 5.38. The van der Waals surface area contributed by atoms with Crippen LogP contribution < -0.4 is 9.62 Å². The Morgan fingerprint density at radius 3 is 2.25 bits per heavy atom. The first-order valence-electron chi connectivity index (χ1n) is 14.7. The standard InChI is InChI=1S/C34H35Cl2N3O4S/c1-3-23(2)37-34(41)30(21-24-11-5-4-6-12-24)38(22-26-27(35)15-9-16-28(26)36)32(40)19-10-20-39-29-17-7-13-25-14-8-18-31(33(25)29)44(39,42)43/h4-9,11-18,23,30H,3,10,19-22H2,1-2H3,(H,37,41)/t23-,30+/m1/s1. The number of hydrogen-bond donors (Lipinski definition) is 1. The van der Waals surface area contributed by atoms with E-state index in [4.69, 9.17) is 23.2 Å². The molecule has 2 atom stereocenters. The molecule has 4 aromatic rings. The van der Waals surface area contributed by atoms with E-state index < -0.39 is 16.1 Å².